The fourth-order valence-corrected chi connectivity index (χ4v) is 4.41. The molecule has 2 aromatic carbocycles. The molecule has 0 aromatic heterocycles. The molecule has 2 aromatic rings. The number of hydrogen-bond acceptors (Lipinski definition) is 3. The van der Waals surface area contributed by atoms with Crippen molar-refractivity contribution in [3.8, 4) is 5.75 Å². The molecule has 26 heavy (non-hydrogen) atoms. The summed E-state index contributed by atoms with van der Waals surface area (Å²) >= 11 is 6.05. The molecular formula is C22H28ClNO2. The molecule has 0 spiro atoms. The van der Waals surface area contributed by atoms with Crippen LogP contribution < -0.4 is 4.74 Å². The van der Waals surface area contributed by atoms with Crippen molar-refractivity contribution in [1.82, 2.24) is 4.90 Å². The molecule has 1 fully saturated rings. The number of benzene rings is 2. The Labute approximate surface area is 161 Å². The molecule has 3 nitrogen and oxygen atoms in total. The fraction of sp³-hybridized carbons (Fsp3) is 0.455. The van der Waals surface area contributed by atoms with Gasteiger partial charge in [0.1, 0.15) is 5.75 Å². The first-order chi connectivity index (χ1) is 12.4. The largest absolute Gasteiger partial charge is 0.497 e. The van der Waals surface area contributed by atoms with Crippen LogP contribution in [0.4, 0.5) is 0 Å². The highest BCUT2D eigenvalue weighted by Crippen LogP contribution is 2.45. The zero-order valence-corrected chi connectivity index (χ0v) is 16.5. The lowest BCUT2D eigenvalue weighted by molar-refractivity contribution is -0.0255. The predicted octanol–water partition coefficient (Wildman–Crippen LogP) is 5.03. The van der Waals surface area contributed by atoms with Crippen LogP contribution in [0.15, 0.2) is 48.5 Å². The first-order valence-electron chi connectivity index (χ1n) is 9.22. The Balaban J connectivity index is 1.76. The molecule has 0 bridgehead atoms. The number of nitrogens with zero attached hydrogens (tertiary/aromatic N) is 1. The molecule has 4 heteroatoms. The summed E-state index contributed by atoms with van der Waals surface area (Å²) < 4.78 is 5.32. The molecule has 1 aliphatic carbocycles. The summed E-state index contributed by atoms with van der Waals surface area (Å²) in [6, 6.07) is 16.3. The topological polar surface area (TPSA) is 32.7 Å². The van der Waals surface area contributed by atoms with Crippen molar-refractivity contribution in [2.75, 3.05) is 21.2 Å². The van der Waals surface area contributed by atoms with Crippen LogP contribution in [0.25, 0.3) is 0 Å². The van der Waals surface area contributed by atoms with Crippen LogP contribution >= 0.6 is 11.6 Å². The van der Waals surface area contributed by atoms with E-state index in [4.69, 9.17) is 16.3 Å². The minimum Gasteiger partial charge on any atom is -0.497 e. The lowest BCUT2D eigenvalue weighted by Crippen LogP contribution is -2.36. The molecule has 0 aliphatic heterocycles. The predicted molar refractivity (Wildman–Crippen MR) is 107 cm³/mol. The fourth-order valence-electron chi connectivity index (χ4n) is 4.29. The van der Waals surface area contributed by atoms with Gasteiger partial charge in [-0.15, -0.1) is 0 Å². The van der Waals surface area contributed by atoms with Crippen molar-refractivity contribution in [2.24, 2.45) is 5.92 Å². The first-order valence-corrected chi connectivity index (χ1v) is 9.59. The van der Waals surface area contributed by atoms with E-state index in [1.165, 1.54) is 5.56 Å². The molecule has 140 valence electrons. The Morgan fingerprint density at radius 3 is 2.35 bits per heavy atom. The summed E-state index contributed by atoms with van der Waals surface area (Å²) in [4.78, 5) is 2.28. The van der Waals surface area contributed by atoms with Crippen molar-refractivity contribution < 1.29 is 9.84 Å². The molecule has 1 atom stereocenters. The number of halogens is 1. The van der Waals surface area contributed by atoms with Gasteiger partial charge in [-0.3, -0.25) is 0 Å². The molecule has 0 saturated heterocycles. The second kappa shape index (κ2) is 7.99. The number of ether oxygens (including phenoxy) is 1. The van der Waals surface area contributed by atoms with Crippen LogP contribution in [-0.4, -0.2) is 31.2 Å². The smallest absolute Gasteiger partial charge is 0.119 e. The number of methoxy groups -OCH3 is 1. The number of rotatable bonds is 5. The van der Waals surface area contributed by atoms with Crippen LogP contribution in [0.5, 0.6) is 5.75 Å². The van der Waals surface area contributed by atoms with E-state index in [1.807, 2.05) is 36.4 Å². The maximum absolute atomic E-state index is 11.2. The maximum atomic E-state index is 11.2. The van der Waals surface area contributed by atoms with Gasteiger partial charge in [0, 0.05) is 11.1 Å². The molecule has 3 rings (SSSR count). The van der Waals surface area contributed by atoms with Gasteiger partial charge < -0.3 is 14.7 Å². The van der Waals surface area contributed by atoms with Crippen molar-refractivity contribution in [3.05, 3.63) is 64.7 Å². The summed E-state index contributed by atoms with van der Waals surface area (Å²) in [5.41, 5.74) is 1.49. The third-order valence-electron chi connectivity index (χ3n) is 5.68. The van der Waals surface area contributed by atoms with Crippen molar-refractivity contribution in [1.29, 1.82) is 0 Å². The SMILES string of the molecule is COc1cccc(C2(O)CCC(C(c3ccc(Cl)cc3)N(C)C)CC2)c1. The van der Waals surface area contributed by atoms with Crippen LogP contribution in [0.3, 0.4) is 0 Å². The van der Waals surface area contributed by atoms with E-state index >= 15 is 0 Å². The van der Waals surface area contributed by atoms with Crippen LogP contribution in [-0.2, 0) is 5.60 Å². The van der Waals surface area contributed by atoms with Gasteiger partial charge in [0.2, 0.25) is 0 Å². The molecule has 1 saturated carbocycles. The lowest BCUT2D eigenvalue weighted by atomic mass is 9.71. The van der Waals surface area contributed by atoms with Crippen LogP contribution in [0.2, 0.25) is 5.02 Å². The van der Waals surface area contributed by atoms with Gasteiger partial charge in [0.15, 0.2) is 0 Å². The molecule has 1 unspecified atom stereocenters. The molecule has 1 N–H and O–H groups in total. The van der Waals surface area contributed by atoms with Crippen LogP contribution in [0.1, 0.15) is 42.9 Å². The summed E-state index contributed by atoms with van der Waals surface area (Å²) in [7, 11) is 5.91. The first kappa shape index (κ1) is 19.2. The van der Waals surface area contributed by atoms with E-state index in [0.717, 1.165) is 42.0 Å². The molecule has 1 aliphatic rings. The standard InChI is InChI=1S/C22H28ClNO2/c1-24(2)21(16-7-9-19(23)10-8-16)17-11-13-22(25,14-12-17)18-5-4-6-20(15-18)26-3/h4-10,15,17,21,25H,11-14H2,1-3H3. The summed E-state index contributed by atoms with van der Waals surface area (Å²) in [5, 5.41) is 12.0. The zero-order valence-electron chi connectivity index (χ0n) is 15.8. The van der Waals surface area contributed by atoms with Crippen LogP contribution in [0, 0.1) is 5.92 Å². The zero-order chi connectivity index (χ0) is 18.7. The number of aliphatic hydroxyl groups is 1. The van der Waals surface area contributed by atoms with E-state index in [-0.39, 0.29) is 0 Å². The normalized spacial score (nSPS) is 24.5. The van der Waals surface area contributed by atoms with E-state index in [0.29, 0.717) is 12.0 Å². The van der Waals surface area contributed by atoms with E-state index < -0.39 is 5.60 Å². The van der Waals surface area contributed by atoms with Crippen molar-refractivity contribution in [2.45, 2.75) is 37.3 Å². The minimum absolute atomic E-state index is 0.335. The highest BCUT2D eigenvalue weighted by molar-refractivity contribution is 6.30. The Morgan fingerprint density at radius 1 is 1.12 bits per heavy atom. The average Bonchev–Trinajstić information content (AvgIpc) is 2.65. The summed E-state index contributed by atoms with van der Waals surface area (Å²) in [5.74, 6) is 1.31. The molecule has 0 radical (unpaired) electrons. The van der Waals surface area contributed by atoms with Gasteiger partial charge in [-0.05, 0) is 81.1 Å². The average molecular weight is 374 g/mol. The minimum atomic E-state index is -0.762. The highest BCUT2D eigenvalue weighted by atomic mass is 35.5. The van der Waals surface area contributed by atoms with E-state index in [1.54, 1.807) is 7.11 Å². The highest BCUT2D eigenvalue weighted by Gasteiger charge is 2.38. The lowest BCUT2D eigenvalue weighted by Gasteiger charge is -2.41. The molecule has 0 amide bonds. The third-order valence-corrected chi connectivity index (χ3v) is 5.93. The maximum Gasteiger partial charge on any atom is 0.119 e. The second-order valence-corrected chi connectivity index (χ2v) is 8.00. The Morgan fingerprint density at radius 2 is 1.77 bits per heavy atom. The van der Waals surface area contributed by atoms with Gasteiger partial charge in [0.25, 0.3) is 0 Å². The Hall–Kier alpha value is -1.55. The third kappa shape index (κ3) is 4.06. The van der Waals surface area contributed by atoms with Gasteiger partial charge in [-0.2, -0.15) is 0 Å². The molecular weight excluding hydrogens is 346 g/mol. The summed E-state index contributed by atoms with van der Waals surface area (Å²) in [6.45, 7) is 0. The van der Waals surface area contributed by atoms with E-state index in [2.05, 4.69) is 31.1 Å². The summed E-state index contributed by atoms with van der Waals surface area (Å²) in [6.07, 6.45) is 3.50. The Kier molecular flexibility index (Phi) is 5.91. The molecule has 0 heterocycles. The number of hydrogen-bond donors (Lipinski definition) is 1. The van der Waals surface area contributed by atoms with Crippen molar-refractivity contribution >= 4 is 11.6 Å². The van der Waals surface area contributed by atoms with Gasteiger partial charge in [-0.25, -0.2) is 0 Å². The van der Waals surface area contributed by atoms with E-state index in [9.17, 15) is 5.11 Å². The second-order valence-electron chi connectivity index (χ2n) is 7.56. The van der Waals surface area contributed by atoms with Crippen molar-refractivity contribution in [3.63, 3.8) is 0 Å². The monoisotopic (exact) mass is 373 g/mol. The Bertz CT molecular complexity index is 721. The van der Waals surface area contributed by atoms with Gasteiger partial charge in [0.05, 0.1) is 12.7 Å². The van der Waals surface area contributed by atoms with Gasteiger partial charge >= 0.3 is 0 Å². The van der Waals surface area contributed by atoms with Gasteiger partial charge in [-0.1, -0.05) is 35.9 Å². The quantitative estimate of drug-likeness (QED) is 0.797.